The van der Waals surface area contributed by atoms with Gasteiger partial charge in [-0.25, -0.2) is 13.2 Å². The van der Waals surface area contributed by atoms with Crippen LogP contribution in [-0.4, -0.2) is 27.2 Å². The Balaban J connectivity index is 2.66. The van der Waals surface area contributed by atoms with Gasteiger partial charge in [0.25, 0.3) is 0 Å². The number of carbonyl (C=O) groups is 1. The average Bonchev–Trinajstić information content (AvgIpc) is 2.62. The summed E-state index contributed by atoms with van der Waals surface area (Å²) in [5.41, 5.74) is 2.02. The zero-order valence-electron chi connectivity index (χ0n) is 9.82. The summed E-state index contributed by atoms with van der Waals surface area (Å²) in [4.78, 5) is 11.9. The molecule has 0 aromatic heterocycles. The lowest BCUT2D eigenvalue weighted by Crippen LogP contribution is -2.08. The Morgan fingerprint density at radius 2 is 2.12 bits per heavy atom. The van der Waals surface area contributed by atoms with E-state index in [4.69, 9.17) is 0 Å². The summed E-state index contributed by atoms with van der Waals surface area (Å²) in [5, 5.41) is 0. The van der Waals surface area contributed by atoms with Gasteiger partial charge in [0.05, 0.1) is 23.3 Å². The lowest BCUT2D eigenvalue weighted by molar-refractivity contribution is 0.0599. The fourth-order valence-electron chi connectivity index (χ4n) is 2.11. The monoisotopic (exact) mass is 254 g/mol. The number of hydrogen-bond donors (Lipinski definition) is 0. The zero-order valence-corrected chi connectivity index (χ0v) is 10.6. The molecule has 1 aliphatic rings. The first kappa shape index (κ1) is 12.1. The maximum atomic E-state index is 11.8. The van der Waals surface area contributed by atoms with Crippen LogP contribution in [0.5, 0.6) is 0 Å². The maximum absolute atomic E-state index is 11.8. The minimum absolute atomic E-state index is 0.135. The molecule has 1 aliphatic heterocycles. The van der Waals surface area contributed by atoms with E-state index in [0.29, 0.717) is 18.4 Å². The summed E-state index contributed by atoms with van der Waals surface area (Å²) >= 11 is 0. The highest BCUT2D eigenvalue weighted by molar-refractivity contribution is 7.91. The van der Waals surface area contributed by atoms with Gasteiger partial charge in [-0.05, 0) is 30.0 Å². The van der Waals surface area contributed by atoms with Gasteiger partial charge in [0.2, 0.25) is 0 Å². The lowest BCUT2D eigenvalue weighted by Gasteiger charge is -2.08. The first-order valence-corrected chi connectivity index (χ1v) is 7.11. The average molecular weight is 254 g/mol. The summed E-state index contributed by atoms with van der Waals surface area (Å²) in [7, 11) is -1.91. The molecule has 5 heteroatoms. The van der Waals surface area contributed by atoms with E-state index >= 15 is 0 Å². The highest BCUT2D eigenvalue weighted by atomic mass is 32.2. The topological polar surface area (TPSA) is 60.4 Å². The number of fused-ring (bicyclic) bond motifs is 1. The third-order valence-corrected chi connectivity index (χ3v) is 4.84. The van der Waals surface area contributed by atoms with E-state index in [1.54, 1.807) is 0 Å². The van der Waals surface area contributed by atoms with Gasteiger partial charge in [0.15, 0.2) is 9.84 Å². The smallest absolute Gasteiger partial charge is 0.338 e. The van der Waals surface area contributed by atoms with Crippen molar-refractivity contribution in [2.45, 2.75) is 24.7 Å². The third-order valence-electron chi connectivity index (χ3n) is 3.05. The lowest BCUT2D eigenvalue weighted by atomic mass is 10.0. The molecule has 0 aliphatic carbocycles. The fraction of sp³-hybridized carbons (Fsp3) is 0.417. The molecule has 0 bridgehead atoms. The molecule has 1 aromatic carbocycles. The van der Waals surface area contributed by atoms with Crippen molar-refractivity contribution in [1.29, 1.82) is 0 Å². The summed E-state index contributed by atoms with van der Waals surface area (Å²) in [6.45, 7) is 1.93. The predicted octanol–water partition coefficient (Wildman–Crippen LogP) is 1.37. The van der Waals surface area contributed by atoms with Crippen LogP contribution in [0.2, 0.25) is 0 Å². The first-order valence-electron chi connectivity index (χ1n) is 5.46. The van der Waals surface area contributed by atoms with Crippen molar-refractivity contribution in [3.05, 3.63) is 28.8 Å². The number of sulfone groups is 1. The van der Waals surface area contributed by atoms with E-state index in [9.17, 15) is 13.2 Å². The van der Waals surface area contributed by atoms with E-state index < -0.39 is 15.8 Å². The van der Waals surface area contributed by atoms with Crippen molar-refractivity contribution in [2.24, 2.45) is 0 Å². The Labute approximate surface area is 101 Å². The quantitative estimate of drug-likeness (QED) is 0.748. The van der Waals surface area contributed by atoms with Crippen LogP contribution < -0.4 is 0 Å². The normalized spacial score (nSPS) is 16.6. The Bertz CT molecular complexity index is 572. The Kier molecular flexibility index (Phi) is 2.95. The molecular formula is C12H14O4S. The number of hydrogen-bond acceptors (Lipinski definition) is 4. The van der Waals surface area contributed by atoms with Crippen LogP contribution in [0, 0.1) is 0 Å². The molecule has 0 saturated carbocycles. The first-order chi connectivity index (χ1) is 7.99. The highest BCUT2D eigenvalue weighted by Crippen LogP contribution is 2.29. The predicted molar refractivity (Wildman–Crippen MR) is 62.9 cm³/mol. The minimum atomic E-state index is -3.20. The number of esters is 1. The molecule has 0 atom stereocenters. The van der Waals surface area contributed by atoms with Crippen molar-refractivity contribution < 1.29 is 17.9 Å². The van der Waals surface area contributed by atoms with Gasteiger partial charge in [0.1, 0.15) is 0 Å². The van der Waals surface area contributed by atoms with Crippen LogP contribution in [0.3, 0.4) is 0 Å². The van der Waals surface area contributed by atoms with E-state index in [0.717, 1.165) is 11.1 Å². The fourth-order valence-corrected chi connectivity index (χ4v) is 3.67. The molecule has 92 valence electrons. The van der Waals surface area contributed by atoms with Gasteiger partial charge in [-0.15, -0.1) is 0 Å². The number of methoxy groups -OCH3 is 1. The van der Waals surface area contributed by atoms with Gasteiger partial charge < -0.3 is 4.74 Å². The molecule has 0 spiro atoms. The SMILES string of the molecule is CCc1cc2c(cc1C(=O)OC)S(=O)(=O)CC2. The molecule has 2 rings (SSSR count). The number of aryl methyl sites for hydroxylation is 2. The largest absolute Gasteiger partial charge is 0.465 e. The van der Waals surface area contributed by atoms with Crippen LogP contribution in [0.4, 0.5) is 0 Å². The van der Waals surface area contributed by atoms with Crippen molar-refractivity contribution in [3.63, 3.8) is 0 Å². The molecule has 0 saturated heterocycles. The molecule has 1 heterocycles. The van der Waals surface area contributed by atoms with Crippen LogP contribution in [0.25, 0.3) is 0 Å². The number of carbonyl (C=O) groups excluding carboxylic acids is 1. The third kappa shape index (κ3) is 1.95. The van der Waals surface area contributed by atoms with E-state index in [2.05, 4.69) is 4.74 Å². The minimum Gasteiger partial charge on any atom is -0.465 e. The van der Waals surface area contributed by atoms with Crippen LogP contribution in [0.1, 0.15) is 28.4 Å². The molecule has 0 unspecified atom stereocenters. The second kappa shape index (κ2) is 4.14. The molecule has 0 amide bonds. The molecule has 1 aromatic rings. The van der Waals surface area contributed by atoms with E-state index in [-0.39, 0.29) is 10.6 Å². The molecule has 0 radical (unpaired) electrons. The van der Waals surface area contributed by atoms with Crippen molar-refractivity contribution in [2.75, 3.05) is 12.9 Å². The zero-order chi connectivity index (χ0) is 12.6. The van der Waals surface area contributed by atoms with Crippen molar-refractivity contribution in [3.8, 4) is 0 Å². The molecular weight excluding hydrogens is 240 g/mol. The molecule has 0 N–H and O–H groups in total. The molecule has 0 fully saturated rings. The van der Waals surface area contributed by atoms with E-state index in [1.165, 1.54) is 13.2 Å². The Morgan fingerprint density at radius 3 is 2.71 bits per heavy atom. The van der Waals surface area contributed by atoms with Crippen molar-refractivity contribution in [1.82, 2.24) is 0 Å². The molecule has 4 nitrogen and oxygen atoms in total. The summed E-state index contributed by atoms with van der Waals surface area (Å²) in [6, 6.07) is 3.27. The van der Waals surface area contributed by atoms with Gasteiger partial charge in [-0.1, -0.05) is 13.0 Å². The molecule has 17 heavy (non-hydrogen) atoms. The summed E-state index contributed by atoms with van der Waals surface area (Å²) in [5.74, 6) is -0.345. The second-order valence-electron chi connectivity index (χ2n) is 4.03. The van der Waals surface area contributed by atoms with Gasteiger partial charge >= 0.3 is 5.97 Å². The Morgan fingerprint density at radius 1 is 1.41 bits per heavy atom. The number of ether oxygens (including phenoxy) is 1. The van der Waals surface area contributed by atoms with Crippen LogP contribution in [0.15, 0.2) is 17.0 Å². The van der Waals surface area contributed by atoms with Crippen LogP contribution in [-0.2, 0) is 27.4 Å². The van der Waals surface area contributed by atoms with Crippen molar-refractivity contribution >= 4 is 15.8 Å². The van der Waals surface area contributed by atoms with E-state index in [1.807, 2.05) is 13.0 Å². The second-order valence-corrected chi connectivity index (χ2v) is 6.11. The van der Waals surface area contributed by atoms with Gasteiger partial charge in [-0.3, -0.25) is 0 Å². The summed E-state index contributed by atoms with van der Waals surface area (Å²) in [6.07, 6.45) is 1.21. The highest BCUT2D eigenvalue weighted by Gasteiger charge is 2.28. The van der Waals surface area contributed by atoms with Gasteiger partial charge in [0, 0.05) is 0 Å². The van der Waals surface area contributed by atoms with Crippen LogP contribution >= 0.6 is 0 Å². The summed E-state index contributed by atoms with van der Waals surface area (Å²) < 4.78 is 28.2. The van der Waals surface area contributed by atoms with Gasteiger partial charge in [-0.2, -0.15) is 0 Å². The number of benzene rings is 1. The maximum Gasteiger partial charge on any atom is 0.338 e. The standard InChI is InChI=1S/C12H14O4S/c1-3-8-6-9-4-5-17(14,15)11(9)7-10(8)12(13)16-2/h6-7H,3-5H2,1-2H3. The number of rotatable bonds is 2. The Hall–Kier alpha value is -1.36.